The van der Waals surface area contributed by atoms with E-state index in [1.165, 1.54) is 6.20 Å². The molecule has 0 spiro atoms. The lowest BCUT2D eigenvalue weighted by Gasteiger charge is -2.35. The van der Waals surface area contributed by atoms with Crippen molar-refractivity contribution in [2.45, 2.75) is 31.7 Å². The summed E-state index contributed by atoms with van der Waals surface area (Å²) < 4.78 is 24.6. The molecule has 1 aromatic rings. The van der Waals surface area contributed by atoms with Gasteiger partial charge in [-0.25, -0.2) is 13.1 Å². The molecular weight excluding hydrogens is 282 g/mol. The zero-order valence-electron chi connectivity index (χ0n) is 11.4. The summed E-state index contributed by atoms with van der Waals surface area (Å²) in [5, 5.41) is 9.88. The molecule has 1 unspecified atom stereocenters. The minimum atomic E-state index is -3.19. The van der Waals surface area contributed by atoms with Crippen LogP contribution < -0.4 is 4.72 Å². The molecule has 20 heavy (non-hydrogen) atoms. The summed E-state index contributed by atoms with van der Waals surface area (Å²) in [6.45, 7) is 1.02. The van der Waals surface area contributed by atoms with Crippen molar-refractivity contribution in [3.05, 3.63) is 11.9 Å². The van der Waals surface area contributed by atoms with E-state index in [2.05, 4.69) is 20.1 Å². The van der Waals surface area contributed by atoms with Gasteiger partial charge in [0.05, 0.1) is 12.5 Å². The molecule has 1 fully saturated rings. The topological polar surface area (TPSA) is 108 Å². The summed E-state index contributed by atoms with van der Waals surface area (Å²) in [7, 11) is -3.19. The fourth-order valence-electron chi connectivity index (χ4n) is 2.43. The largest absolute Gasteiger partial charge is 0.334 e. The van der Waals surface area contributed by atoms with Crippen LogP contribution in [0.2, 0.25) is 0 Å². The Balaban J connectivity index is 1.96. The molecule has 2 heterocycles. The number of rotatable bonds is 5. The van der Waals surface area contributed by atoms with E-state index >= 15 is 0 Å². The molecule has 0 aromatic carbocycles. The van der Waals surface area contributed by atoms with Crippen molar-refractivity contribution in [3.8, 4) is 0 Å². The van der Waals surface area contributed by atoms with E-state index < -0.39 is 10.0 Å². The Morgan fingerprint density at radius 3 is 3.00 bits per heavy atom. The monoisotopic (exact) mass is 301 g/mol. The number of likely N-dealkylation sites (tertiary alicyclic amines) is 1. The van der Waals surface area contributed by atoms with Crippen molar-refractivity contribution in [1.82, 2.24) is 25.0 Å². The van der Waals surface area contributed by atoms with Gasteiger partial charge < -0.3 is 4.90 Å². The number of carbonyl (C=O) groups excluding carboxylic acids is 1. The van der Waals surface area contributed by atoms with Crippen molar-refractivity contribution < 1.29 is 13.2 Å². The number of carbonyl (C=O) groups is 1. The number of piperidine rings is 1. The van der Waals surface area contributed by atoms with E-state index in [4.69, 9.17) is 0 Å². The molecule has 1 aliphatic rings. The third-order valence-corrected chi connectivity index (χ3v) is 4.09. The first-order valence-corrected chi connectivity index (χ1v) is 8.48. The van der Waals surface area contributed by atoms with Crippen LogP contribution in [0, 0.1) is 0 Å². The number of hydrogen-bond acceptors (Lipinski definition) is 5. The van der Waals surface area contributed by atoms with Crippen LogP contribution in [-0.2, 0) is 10.0 Å². The Labute approximate surface area is 118 Å². The van der Waals surface area contributed by atoms with Crippen LogP contribution in [-0.4, -0.2) is 60.0 Å². The summed E-state index contributed by atoms with van der Waals surface area (Å²) in [5.74, 6) is -0.150. The molecule has 1 aromatic heterocycles. The smallest absolute Gasteiger partial charge is 0.276 e. The Morgan fingerprint density at radius 2 is 2.35 bits per heavy atom. The van der Waals surface area contributed by atoms with Gasteiger partial charge in [0.15, 0.2) is 5.69 Å². The van der Waals surface area contributed by atoms with Crippen molar-refractivity contribution in [3.63, 3.8) is 0 Å². The van der Waals surface area contributed by atoms with Crippen LogP contribution in [0.15, 0.2) is 6.20 Å². The van der Waals surface area contributed by atoms with E-state index in [0.29, 0.717) is 25.2 Å². The minimum absolute atomic E-state index is 0.0437. The van der Waals surface area contributed by atoms with Crippen molar-refractivity contribution in [2.75, 3.05) is 19.3 Å². The maximum absolute atomic E-state index is 12.3. The average molecular weight is 301 g/mol. The maximum atomic E-state index is 12.3. The zero-order chi connectivity index (χ0) is 14.6. The van der Waals surface area contributed by atoms with E-state index in [1.54, 1.807) is 4.90 Å². The predicted molar refractivity (Wildman–Crippen MR) is 72.5 cm³/mol. The van der Waals surface area contributed by atoms with Crippen LogP contribution in [0.5, 0.6) is 0 Å². The highest BCUT2D eigenvalue weighted by molar-refractivity contribution is 7.88. The van der Waals surface area contributed by atoms with Crippen LogP contribution in [0.25, 0.3) is 0 Å². The first-order valence-electron chi connectivity index (χ1n) is 6.59. The normalized spacial score (nSPS) is 20.1. The van der Waals surface area contributed by atoms with Crippen LogP contribution in [0.3, 0.4) is 0 Å². The van der Waals surface area contributed by atoms with Crippen molar-refractivity contribution in [1.29, 1.82) is 0 Å². The predicted octanol–water partition coefficient (Wildman–Crippen LogP) is -0.261. The molecule has 0 bridgehead atoms. The molecule has 2 rings (SSSR count). The molecule has 8 nitrogen and oxygen atoms in total. The maximum Gasteiger partial charge on any atom is 0.276 e. The second-order valence-electron chi connectivity index (χ2n) is 4.96. The second-order valence-corrected chi connectivity index (χ2v) is 6.79. The lowest BCUT2D eigenvalue weighted by Crippen LogP contribution is -2.45. The highest BCUT2D eigenvalue weighted by atomic mass is 32.2. The number of aromatic amines is 1. The number of nitrogens with one attached hydrogen (secondary N) is 2. The number of amides is 1. The minimum Gasteiger partial charge on any atom is -0.334 e. The molecular formula is C11H19N5O3S. The molecule has 1 saturated heterocycles. The summed E-state index contributed by atoms with van der Waals surface area (Å²) in [6.07, 6.45) is 6.03. The Bertz CT molecular complexity index is 542. The molecule has 1 aliphatic heterocycles. The van der Waals surface area contributed by atoms with Crippen LogP contribution in [0.1, 0.15) is 36.2 Å². The summed E-state index contributed by atoms with van der Waals surface area (Å²) in [5.41, 5.74) is 0.299. The fraction of sp³-hybridized carbons (Fsp3) is 0.727. The van der Waals surface area contributed by atoms with Crippen LogP contribution >= 0.6 is 0 Å². The number of sulfonamides is 1. The highest BCUT2D eigenvalue weighted by Crippen LogP contribution is 2.21. The van der Waals surface area contributed by atoms with E-state index in [0.717, 1.165) is 25.5 Å². The summed E-state index contributed by atoms with van der Waals surface area (Å²) in [4.78, 5) is 14.1. The van der Waals surface area contributed by atoms with E-state index in [1.807, 2.05) is 0 Å². The third-order valence-electron chi connectivity index (χ3n) is 3.36. The van der Waals surface area contributed by atoms with Gasteiger partial charge in [-0.3, -0.25) is 4.79 Å². The van der Waals surface area contributed by atoms with E-state index in [9.17, 15) is 13.2 Å². The van der Waals surface area contributed by atoms with Gasteiger partial charge in [0.2, 0.25) is 10.0 Å². The van der Waals surface area contributed by atoms with Crippen molar-refractivity contribution in [2.24, 2.45) is 0 Å². The number of hydrogen-bond donors (Lipinski definition) is 2. The van der Waals surface area contributed by atoms with Crippen LogP contribution in [0.4, 0.5) is 0 Å². The van der Waals surface area contributed by atoms with Gasteiger partial charge in [-0.2, -0.15) is 15.4 Å². The third kappa shape index (κ3) is 4.01. The molecule has 0 radical (unpaired) electrons. The quantitative estimate of drug-likeness (QED) is 0.779. The van der Waals surface area contributed by atoms with Gasteiger partial charge in [-0.15, -0.1) is 0 Å². The molecule has 1 atom stereocenters. The van der Waals surface area contributed by atoms with Gasteiger partial charge in [0.25, 0.3) is 5.91 Å². The Hall–Kier alpha value is -1.48. The number of aromatic nitrogens is 3. The lowest BCUT2D eigenvalue weighted by molar-refractivity contribution is 0.0598. The molecule has 1 amide bonds. The molecule has 9 heteroatoms. The molecule has 0 aliphatic carbocycles. The van der Waals surface area contributed by atoms with Gasteiger partial charge in [-0.1, -0.05) is 0 Å². The number of H-pyrrole nitrogens is 1. The SMILES string of the molecule is CS(=O)(=O)NCCC1CCCCN1C(=O)c1cn[nH]n1. The van der Waals surface area contributed by atoms with Gasteiger partial charge in [0.1, 0.15) is 0 Å². The number of nitrogens with zero attached hydrogens (tertiary/aromatic N) is 3. The summed E-state index contributed by atoms with van der Waals surface area (Å²) >= 11 is 0. The molecule has 0 saturated carbocycles. The Morgan fingerprint density at radius 1 is 1.55 bits per heavy atom. The van der Waals surface area contributed by atoms with Crippen molar-refractivity contribution >= 4 is 15.9 Å². The van der Waals surface area contributed by atoms with E-state index in [-0.39, 0.29) is 11.9 Å². The molecule has 2 N–H and O–H groups in total. The van der Waals surface area contributed by atoms with Gasteiger partial charge in [0, 0.05) is 19.1 Å². The van der Waals surface area contributed by atoms with Gasteiger partial charge >= 0.3 is 0 Å². The first-order chi connectivity index (χ1) is 9.47. The first kappa shape index (κ1) is 14.9. The highest BCUT2D eigenvalue weighted by Gasteiger charge is 2.28. The lowest BCUT2D eigenvalue weighted by atomic mass is 9.99. The zero-order valence-corrected chi connectivity index (χ0v) is 12.2. The van der Waals surface area contributed by atoms with Gasteiger partial charge in [-0.05, 0) is 25.7 Å². The molecule has 112 valence electrons. The fourth-order valence-corrected chi connectivity index (χ4v) is 2.92. The Kier molecular flexibility index (Phi) is 4.71. The second kappa shape index (κ2) is 6.31. The standard InChI is InChI=1S/C11H19N5O3S/c1-20(18,19)13-6-5-9-4-2-3-7-16(9)11(17)10-8-12-15-14-10/h8-9,13H,2-7H2,1H3,(H,12,14,15). The average Bonchev–Trinajstić information content (AvgIpc) is 2.91. The summed E-state index contributed by atoms with van der Waals surface area (Å²) in [6, 6.07) is 0.0437.